The van der Waals surface area contributed by atoms with Crippen LogP contribution in [0.25, 0.3) is 10.9 Å². The van der Waals surface area contributed by atoms with Gasteiger partial charge in [0, 0.05) is 12.0 Å². The highest BCUT2D eigenvalue weighted by molar-refractivity contribution is 5.96. The summed E-state index contributed by atoms with van der Waals surface area (Å²) in [4.78, 5) is 11.6. The molecule has 0 saturated carbocycles. The highest BCUT2D eigenvalue weighted by atomic mass is 16.5. The monoisotopic (exact) mass is 285 g/mol. The Hall–Kier alpha value is -2.39. The predicted molar refractivity (Wildman–Crippen MR) is 74.6 cm³/mol. The van der Waals surface area contributed by atoms with Gasteiger partial charge in [0.15, 0.2) is 11.9 Å². The molecule has 2 heterocycles. The van der Waals surface area contributed by atoms with Crippen molar-refractivity contribution in [3.8, 4) is 6.07 Å². The minimum absolute atomic E-state index is 0.146. The first kappa shape index (κ1) is 13.6. The van der Waals surface area contributed by atoms with Gasteiger partial charge in [0.05, 0.1) is 18.2 Å². The summed E-state index contributed by atoms with van der Waals surface area (Å²) in [6.07, 6.45) is 2.86. The minimum Gasteiger partial charge on any atom is -0.465 e. The van der Waals surface area contributed by atoms with Crippen LogP contribution in [0.1, 0.15) is 41.5 Å². The second-order valence-corrected chi connectivity index (χ2v) is 4.95. The summed E-state index contributed by atoms with van der Waals surface area (Å²) in [6.45, 7) is 0.703. The number of hydrogen-bond acceptors (Lipinski definition) is 5. The molecule has 0 N–H and O–H groups in total. The van der Waals surface area contributed by atoms with E-state index in [4.69, 9.17) is 9.47 Å². The Morgan fingerprint density at radius 2 is 2.38 bits per heavy atom. The molecule has 6 heteroatoms. The summed E-state index contributed by atoms with van der Waals surface area (Å²) >= 11 is 0. The van der Waals surface area contributed by atoms with Gasteiger partial charge in [-0.05, 0) is 37.5 Å². The molecule has 2 aromatic rings. The molecule has 1 saturated heterocycles. The van der Waals surface area contributed by atoms with Crippen molar-refractivity contribution < 1.29 is 14.3 Å². The zero-order chi connectivity index (χ0) is 14.8. The summed E-state index contributed by atoms with van der Waals surface area (Å²) in [5, 5.41) is 14.2. The van der Waals surface area contributed by atoms with Gasteiger partial charge in [-0.25, -0.2) is 9.48 Å². The standard InChI is InChI=1S/C15H15N3O3/c1-20-15(19)10-5-6-13-11(8-10)12(9-16)17-18(13)14-4-2-3-7-21-14/h5-6,8,14H,2-4,7H2,1H3. The number of aromatic nitrogens is 2. The van der Waals surface area contributed by atoms with E-state index in [0.29, 0.717) is 23.3 Å². The van der Waals surface area contributed by atoms with Gasteiger partial charge in [-0.1, -0.05) is 0 Å². The maximum atomic E-state index is 11.6. The van der Waals surface area contributed by atoms with Gasteiger partial charge in [0.2, 0.25) is 0 Å². The second kappa shape index (κ2) is 5.54. The number of benzene rings is 1. The first-order chi connectivity index (χ1) is 10.2. The Bertz CT molecular complexity index is 724. The summed E-state index contributed by atoms with van der Waals surface area (Å²) in [5.41, 5.74) is 1.50. The fraction of sp³-hybridized carbons (Fsp3) is 0.400. The highest BCUT2D eigenvalue weighted by Crippen LogP contribution is 2.28. The number of carbonyl (C=O) groups excluding carboxylic acids is 1. The Kier molecular flexibility index (Phi) is 3.59. The molecule has 0 aliphatic carbocycles. The van der Waals surface area contributed by atoms with E-state index in [1.807, 2.05) is 0 Å². The van der Waals surface area contributed by atoms with Crippen LogP contribution in [0.15, 0.2) is 18.2 Å². The molecule has 1 aliphatic heterocycles. The maximum absolute atomic E-state index is 11.6. The SMILES string of the molecule is COC(=O)c1ccc2c(c1)c(C#N)nn2C1CCCCO1. The van der Waals surface area contributed by atoms with E-state index in [-0.39, 0.29) is 6.23 Å². The van der Waals surface area contributed by atoms with Gasteiger partial charge < -0.3 is 9.47 Å². The summed E-state index contributed by atoms with van der Waals surface area (Å²) in [7, 11) is 1.33. The van der Waals surface area contributed by atoms with Crippen molar-refractivity contribution in [1.29, 1.82) is 5.26 Å². The molecule has 1 aliphatic rings. The van der Waals surface area contributed by atoms with Crippen LogP contribution in [-0.4, -0.2) is 29.5 Å². The summed E-state index contributed by atoms with van der Waals surface area (Å²) in [5.74, 6) is -0.428. The average molecular weight is 285 g/mol. The van der Waals surface area contributed by atoms with Crippen molar-refractivity contribution in [2.75, 3.05) is 13.7 Å². The van der Waals surface area contributed by atoms with Crippen LogP contribution in [0.2, 0.25) is 0 Å². The Morgan fingerprint density at radius 1 is 1.52 bits per heavy atom. The lowest BCUT2D eigenvalue weighted by Gasteiger charge is -2.23. The largest absolute Gasteiger partial charge is 0.465 e. The van der Waals surface area contributed by atoms with Crippen LogP contribution in [0, 0.1) is 11.3 Å². The Morgan fingerprint density at radius 3 is 3.05 bits per heavy atom. The van der Waals surface area contributed by atoms with Crippen LogP contribution in [0.3, 0.4) is 0 Å². The van der Waals surface area contributed by atoms with Crippen LogP contribution >= 0.6 is 0 Å². The maximum Gasteiger partial charge on any atom is 0.337 e. The van der Waals surface area contributed by atoms with E-state index in [2.05, 4.69) is 11.2 Å². The van der Waals surface area contributed by atoms with Gasteiger partial charge in [0.25, 0.3) is 0 Å². The molecule has 3 rings (SSSR count). The predicted octanol–water partition coefficient (Wildman–Crippen LogP) is 2.39. The number of nitrogens with zero attached hydrogens (tertiary/aromatic N) is 3. The van der Waals surface area contributed by atoms with Gasteiger partial charge in [-0.3, -0.25) is 0 Å². The van der Waals surface area contributed by atoms with Crippen molar-refractivity contribution in [3.63, 3.8) is 0 Å². The number of esters is 1. The Labute approximate surface area is 121 Å². The number of rotatable bonds is 2. The van der Waals surface area contributed by atoms with Crippen LogP contribution < -0.4 is 0 Å². The number of nitriles is 1. The lowest BCUT2D eigenvalue weighted by molar-refractivity contribution is -0.0367. The molecule has 1 atom stereocenters. The van der Waals surface area contributed by atoms with E-state index in [9.17, 15) is 10.1 Å². The van der Waals surface area contributed by atoms with E-state index in [1.54, 1.807) is 22.9 Å². The second-order valence-electron chi connectivity index (χ2n) is 4.95. The molecule has 21 heavy (non-hydrogen) atoms. The van der Waals surface area contributed by atoms with E-state index < -0.39 is 5.97 Å². The summed E-state index contributed by atoms with van der Waals surface area (Å²) in [6, 6.07) is 7.18. The average Bonchev–Trinajstić information content (AvgIpc) is 2.92. The minimum atomic E-state index is -0.428. The molecule has 0 radical (unpaired) electrons. The number of carbonyl (C=O) groups is 1. The lowest BCUT2D eigenvalue weighted by atomic mass is 10.1. The molecule has 1 unspecified atom stereocenters. The van der Waals surface area contributed by atoms with Gasteiger partial charge in [-0.2, -0.15) is 10.4 Å². The van der Waals surface area contributed by atoms with E-state index >= 15 is 0 Å². The van der Waals surface area contributed by atoms with Gasteiger partial charge in [0.1, 0.15) is 6.07 Å². The topological polar surface area (TPSA) is 77.1 Å². The molecule has 108 valence electrons. The molecule has 0 bridgehead atoms. The van der Waals surface area contributed by atoms with Gasteiger partial charge >= 0.3 is 5.97 Å². The van der Waals surface area contributed by atoms with Crippen molar-refractivity contribution in [1.82, 2.24) is 9.78 Å². The van der Waals surface area contributed by atoms with E-state index in [0.717, 1.165) is 24.8 Å². The molecule has 1 aromatic heterocycles. The number of methoxy groups -OCH3 is 1. The first-order valence-electron chi connectivity index (χ1n) is 6.87. The van der Waals surface area contributed by atoms with Crippen molar-refractivity contribution >= 4 is 16.9 Å². The number of fused-ring (bicyclic) bond motifs is 1. The molecule has 0 spiro atoms. The van der Waals surface area contributed by atoms with Crippen LogP contribution in [-0.2, 0) is 9.47 Å². The van der Waals surface area contributed by atoms with Crippen molar-refractivity contribution in [3.05, 3.63) is 29.5 Å². The third kappa shape index (κ3) is 2.36. The fourth-order valence-electron chi connectivity index (χ4n) is 2.60. The third-order valence-corrected chi connectivity index (χ3v) is 3.66. The quantitative estimate of drug-likeness (QED) is 0.792. The van der Waals surface area contributed by atoms with E-state index in [1.165, 1.54) is 7.11 Å². The normalized spacial score (nSPS) is 18.4. The Balaban J connectivity index is 2.11. The fourth-order valence-corrected chi connectivity index (χ4v) is 2.60. The molecule has 1 fully saturated rings. The number of hydrogen-bond donors (Lipinski definition) is 0. The molecule has 0 amide bonds. The summed E-state index contributed by atoms with van der Waals surface area (Å²) < 4.78 is 12.2. The van der Waals surface area contributed by atoms with Gasteiger partial charge in [-0.15, -0.1) is 0 Å². The van der Waals surface area contributed by atoms with Crippen LogP contribution in [0.4, 0.5) is 0 Å². The first-order valence-corrected chi connectivity index (χ1v) is 6.87. The number of ether oxygens (including phenoxy) is 2. The van der Waals surface area contributed by atoms with Crippen LogP contribution in [0.5, 0.6) is 0 Å². The smallest absolute Gasteiger partial charge is 0.337 e. The van der Waals surface area contributed by atoms with Crippen molar-refractivity contribution in [2.45, 2.75) is 25.5 Å². The molecular formula is C15H15N3O3. The molecule has 6 nitrogen and oxygen atoms in total. The zero-order valence-electron chi connectivity index (χ0n) is 11.7. The highest BCUT2D eigenvalue weighted by Gasteiger charge is 2.21. The molecular weight excluding hydrogens is 270 g/mol. The lowest BCUT2D eigenvalue weighted by Crippen LogP contribution is -2.19. The third-order valence-electron chi connectivity index (χ3n) is 3.66. The zero-order valence-corrected chi connectivity index (χ0v) is 11.7. The van der Waals surface area contributed by atoms with Crippen molar-refractivity contribution in [2.24, 2.45) is 0 Å². The molecule has 1 aromatic carbocycles.